The molecule has 0 aliphatic carbocycles. The van der Waals surface area contributed by atoms with E-state index in [4.69, 9.17) is 11.6 Å². The van der Waals surface area contributed by atoms with E-state index >= 15 is 0 Å². The van der Waals surface area contributed by atoms with Crippen LogP contribution in [-0.4, -0.2) is 11.2 Å². The maximum atomic E-state index is 13.6. The molecule has 0 spiro atoms. The molecule has 2 aromatic rings. The summed E-state index contributed by atoms with van der Waals surface area (Å²) in [4.78, 5) is 0. The van der Waals surface area contributed by atoms with Crippen LogP contribution < -0.4 is 0 Å². The number of aliphatic hydroxyl groups is 1. The zero-order chi connectivity index (χ0) is 13.8. The monoisotopic (exact) mass is 342 g/mol. The van der Waals surface area contributed by atoms with Crippen LogP contribution >= 0.6 is 27.5 Å². The Labute approximate surface area is 125 Å². The first-order chi connectivity index (χ1) is 9.04. The van der Waals surface area contributed by atoms with Crippen LogP contribution in [0.5, 0.6) is 0 Å². The Morgan fingerprint density at radius 3 is 2.47 bits per heavy atom. The first-order valence-corrected chi connectivity index (χ1v) is 7.08. The Balaban J connectivity index is 2.02. The molecule has 4 heteroatoms. The number of hydrogen-bond donors (Lipinski definition) is 1. The van der Waals surface area contributed by atoms with Gasteiger partial charge in [0.15, 0.2) is 0 Å². The van der Waals surface area contributed by atoms with Crippen molar-refractivity contribution in [2.75, 3.05) is 0 Å². The van der Waals surface area contributed by atoms with Crippen LogP contribution in [0.1, 0.15) is 11.1 Å². The summed E-state index contributed by atoms with van der Waals surface area (Å²) < 4.78 is 14.4. The first-order valence-electron chi connectivity index (χ1n) is 5.91. The van der Waals surface area contributed by atoms with Crippen molar-refractivity contribution in [1.82, 2.24) is 0 Å². The SMILES string of the molecule is OC(Cc1ccc(Cl)cc1)Cc1cc(Br)ccc1F. The molecule has 0 aliphatic rings. The molecule has 0 heterocycles. The molecule has 19 heavy (non-hydrogen) atoms. The third-order valence-electron chi connectivity index (χ3n) is 2.85. The molecule has 0 saturated heterocycles. The molecule has 0 bridgehead atoms. The summed E-state index contributed by atoms with van der Waals surface area (Å²) in [7, 11) is 0. The second-order valence-electron chi connectivity index (χ2n) is 4.42. The molecule has 0 amide bonds. The van der Waals surface area contributed by atoms with Crippen LogP contribution in [0, 0.1) is 5.82 Å². The molecular weight excluding hydrogens is 331 g/mol. The summed E-state index contributed by atoms with van der Waals surface area (Å²) in [6, 6.07) is 12.0. The van der Waals surface area contributed by atoms with Crippen LogP contribution in [0.2, 0.25) is 5.02 Å². The van der Waals surface area contributed by atoms with Gasteiger partial charge in [0, 0.05) is 15.9 Å². The van der Waals surface area contributed by atoms with Gasteiger partial charge in [0.2, 0.25) is 0 Å². The van der Waals surface area contributed by atoms with Crippen LogP contribution in [0.3, 0.4) is 0 Å². The summed E-state index contributed by atoms with van der Waals surface area (Å²) in [5, 5.41) is 10.7. The largest absolute Gasteiger partial charge is 0.392 e. The molecule has 2 aromatic carbocycles. The van der Waals surface area contributed by atoms with Gasteiger partial charge in [-0.25, -0.2) is 4.39 Å². The van der Waals surface area contributed by atoms with Crippen molar-refractivity contribution in [2.45, 2.75) is 18.9 Å². The normalized spacial score (nSPS) is 12.4. The zero-order valence-electron chi connectivity index (χ0n) is 10.1. The van der Waals surface area contributed by atoms with Gasteiger partial charge in [0.25, 0.3) is 0 Å². The Morgan fingerprint density at radius 1 is 1.11 bits per heavy atom. The highest BCUT2D eigenvalue weighted by molar-refractivity contribution is 9.10. The Hall–Kier alpha value is -0.900. The summed E-state index contributed by atoms with van der Waals surface area (Å²) in [6.07, 6.45) is 0.141. The van der Waals surface area contributed by atoms with Crippen LogP contribution in [0.15, 0.2) is 46.9 Å². The highest BCUT2D eigenvalue weighted by Gasteiger charge is 2.11. The van der Waals surface area contributed by atoms with Gasteiger partial charge in [-0.2, -0.15) is 0 Å². The minimum absolute atomic E-state index is 0.286. The first kappa shape index (κ1) is 14.5. The predicted octanol–water partition coefficient (Wildman–Crippen LogP) is 4.39. The van der Waals surface area contributed by atoms with Crippen molar-refractivity contribution < 1.29 is 9.50 Å². The van der Waals surface area contributed by atoms with Crippen molar-refractivity contribution in [2.24, 2.45) is 0 Å². The molecule has 0 aliphatic heterocycles. The third-order valence-corrected chi connectivity index (χ3v) is 3.59. The summed E-state index contributed by atoms with van der Waals surface area (Å²) in [6.45, 7) is 0. The molecule has 0 aromatic heterocycles. The van der Waals surface area contributed by atoms with E-state index in [0.29, 0.717) is 17.0 Å². The summed E-state index contributed by atoms with van der Waals surface area (Å²) in [5.41, 5.74) is 1.49. The van der Waals surface area contributed by atoms with E-state index in [-0.39, 0.29) is 12.2 Å². The number of benzene rings is 2. The smallest absolute Gasteiger partial charge is 0.126 e. The van der Waals surface area contributed by atoms with Crippen LogP contribution in [0.25, 0.3) is 0 Å². The van der Waals surface area contributed by atoms with Gasteiger partial charge in [-0.1, -0.05) is 39.7 Å². The van der Waals surface area contributed by atoms with E-state index in [1.54, 1.807) is 24.3 Å². The molecule has 100 valence electrons. The topological polar surface area (TPSA) is 20.2 Å². The molecule has 1 unspecified atom stereocenters. The third kappa shape index (κ3) is 4.30. The van der Waals surface area contributed by atoms with E-state index in [1.165, 1.54) is 6.07 Å². The molecule has 0 saturated carbocycles. The van der Waals surface area contributed by atoms with Gasteiger partial charge >= 0.3 is 0 Å². The van der Waals surface area contributed by atoms with Crippen LogP contribution in [-0.2, 0) is 12.8 Å². The number of hydrogen-bond acceptors (Lipinski definition) is 1. The molecule has 0 radical (unpaired) electrons. The lowest BCUT2D eigenvalue weighted by molar-refractivity contribution is 0.174. The maximum Gasteiger partial charge on any atom is 0.126 e. The quantitative estimate of drug-likeness (QED) is 0.873. The average Bonchev–Trinajstić information content (AvgIpc) is 2.37. The maximum absolute atomic E-state index is 13.6. The average molecular weight is 344 g/mol. The van der Waals surface area contributed by atoms with Gasteiger partial charge in [-0.15, -0.1) is 0 Å². The summed E-state index contributed by atoms with van der Waals surface area (Å²) in [5.74, 6) is -0.293. The summed E-state index contributed by atoms with van der Waals surface area (Å²) >= 11 is 9.10. The molecular formula is C15H13BrClFO. The van der Waals surface area contributed by atoms with Crippen molar-refractivity contribution in [3.8, 4) is 0 Å². The fraction of sp³-hybridized carbons (Fsp3) is 0.200. The van der Waals surface area contributed by atoms with Gasteiger partial charge in [-0.05, 0) is 47.9 Å². The standard InChI is InChI=1S/C15H13BrClFO/c16-12-3-6-15(18)11(8-12)9-14(19)7-10-1-4-13(17)5-2-10/h1-6,8,14,19H,7,9H2. The second kappa shape index (κ2) is 6.51. The number of aliphatic hydroxyl groups excluding tert-OH is 1. The van der Waals surface area contributed by atoms with Gasteiger partial charge in [-0.3, -0.25) is 0 Å². The van der Waals surface area contributed by atoms with E-state index in [2.05, 4.69) is 15.9 Å². The molecule has 1 nitrogen and oxygen atoms in total. The highest BCUT2D eigenvalue weighted by Crippen LogP contribution is 2.18. The van der Waals surface area contributed by atoms with Crippen molar-refractivity contribution >= 4 is 27.5 Å². The highest BCUT2D eigenvalue weighted by atomic mass is 79.9. The lowest BCUT2D eigenvalue weighted by Gasteiger charge is -2.12. The minimum atomic E-state index is -0.620. The number of rotatable bonds is 4. The van der Waals surface area contributed by atoms with Crippen molar-refractivity contribution in [3.05, 3.63) is 68.9 Å². The molecule has 1 atom stereocenters. The van der Waals surface area contributed by atoms with E-state index in [9.17, 15) is 9.50 Å². The molecule has 0 fully saturated rings. The van der Waals surface area contributed by atoms with Crippen LogP contribution in [0.4, 0.5) is 4.39 Å². The fourth-order valence-corrected chi connectivity index (χ4v) is 2.45. The second-order valence-corrected chi connectivity index (χ2v) is 5.78. The molecule has 1 N–H and O–H groups in total. The Morgan fingerprint density at radius 2 is 1.79 bits per heavy atom. The van der Waals surface area contributed by atoms with Gasteiger partial charge in [0.05, 0.1) is 6.10 Å². The van der Waals surface area contributed by atoms with E-state index in [0.717, 1.165) is 10.0 Å². The lowest BCUT2D eigenvalue weighted by atomic mass is 10.0. The molecule has 2 rings (SSSR count). The van der Waals surface area contributed by atoms with E-state index < -0.39 is 6.10 Å². The van der Waals surface area contributed by atoms with Crippen molar-refractivity contribution in [3.63, 3.8) is 0 Å². The Bertz CT molecular complexity index is 557. The van der Waals surface area contributed by atoms with Crippen molar-refractivity contribution in [1.29, 1.82) is 0 Å². The predicted molar refractivity (Wildman–Crippen MR) is 79.0 cm³/mol. The number of halogens is 3. The zero-order valence-corrected chi connectivity index (χ0v) is 12.5. The lowest BCUT2D eigenvalue weighted by Crippen LogP contribution is -2.14. The fourth-order valence-electron chi connectivity index (χ4n) is 1.92. The van der Waals surface area contributed by atoms with Gasteiger partial charge in [0.1, 0.15) is 5.82 Å². The Kier molecular flexibility index (Phi) is 4.97. The van der Waals surface area contributed by atoms with E-state index in [1.807, 2.05) is 12.1 Å². The minimum Gasteiger partial charge on any atom is -0.392 e. The van der Waals surface area contributed by atoms with Gasteiger partial charge < -0.3 is 5.11 Å².